The van der Waals surface area contributed by atoms with Gasteiger partial charge in [0.2, 0.25) is 0 Å². The van der Waals surface area contributed by atoms with E-state index in [2.05, 4.69) is 19.2 Å². The molecule has 0 aromatic carbocycles. The van der Waals surface area contributed by atoms with Gasteiger partial charge >= 0.3 is 0 Å². The quantitative estimate of drug-likeness (QED) is 0.746. The van der Waals surface area contributed by atoms with Gasteiger partial charge in [-0.15, -0.1) is 0 Å². The summed E-state index contributed by atoms with van der Waals surface area (Å²) in [6, 6.07) is 0.603. The Morgan fingerprint density at radius 3 is 2.58 bits per heavy atom. The molecule has 0 aliphatic heterocycles. The molecular weight excluding hydrogens is 236 g/mol. The van der Waals surface area contributed by atoms with Crippen LogP contribution in [-0.2, 0) is 0 Å². The minimum atomic E-state index is -0.630. The summed E-state index contributed by atoms with van der Waals surface area (Å²) in [5.41, 5.74) is -0.630. The molecule has 0 heterocycles. The highest BCUT2D eigenvalue weighted by Crippen LogP contribution is 2.29. The van der Waals surface area contributed by atoms with Gasteiger partial charge < -0.3 is 15.3 Å². The lowest BCUT2D eigenvalue weighted by Gasteiger charge is -2.34. The van der Waals surface area contributed by atoms with Crippen LogP contribution in [0.15, 0.2) is 0 Å². The first kappa shape index (κ1) is 16.9. The average molecular weight is 270 g/mol. The zero-order chi connectivity index (χ0) is 14.5. The molecule has 0 saturated heterocycles. The highest BCUT2D eigenvalue weighted by Gasteiger charge is 2.26. The molecule has 0 aromatic heterocycles. The van der Waals surface area contributed by atoms with E-state index >= 15 is 0 Å². The maximum absolute atomic E-state index is 10.3. The molecule has 1 rings (SSSR count). The fourth-order valence-corrected chi connectivity index (χ4v) is 3.46. The first-order chi connectivity index (χ1) is 8.78. The number of rotatable bonds is 7. The number of likely N-dealkylation sites (N-methyl/N-ethyl adjacent to an activating group) is 1. The molecule has 0 bridgehead atoms. The first-order valence-corrected chi connectivity index (χ1v) is 7.89. The van der Waals surface area contributed by atoms with Gasteiger partial charge in [0.05, 0.1) is 5.60 Å². The molecule has 114 valence electrons. The Kier molecular flexibility index (Phi) is 6.78. The fourth-order valence-electron chi connectivity index (χ4n) is 3.46. The highest BCUT2D eigenvalue weighted by atomic mass is 16.3. The molecule has 0 spiro atoms. The Morgan fingerprint density at radius 2 is 2.00 bits per heavy atom. The van der Waals surface area contributed by atoms with Crippen molar-refractivity contribution in [2.75, 3.05) is 27.2 Å². The molecule has 1 aliphatic rings. The van der Waals surface area contributed by atoms with Gasteiger partial charge in [-0.25, -0.2) is 0 Å². The van der Waals surface area contributed by atoms with Gasteiger partial charge in [0.15, 0.2) is 0 Å². The highest BCUT2D eigenvalue weighted by molar-refractivity contribution is 4.84. The maximum Gasteiger partial charge on any atom is 0.0869 e. The van der Waals surface area contributed by atoms with Crippen LogP contribution < -0.4 is 5.32 Å². The van der Waals surface area contributed by atoms with Crippen molar-refractivity contribution in [1.82, 2.24) is 10.2 Å². The van der Waals surface area contributed by atoms with Gasteiger partial charge in [-0.3, -0.25) is 0 Å². The van der Waals surface area contributed by atoms with Crippen molar-refractivity contribution in [3.05, 3.63) is 0 Å². The van der Waals surface area contributed by atoms with Crippen molar-refractivity contribution in [3.63, 3.8) is 0 Å². The molecule has 1 saturated carbocycles. The number of nitrogens with one attached hydrogen (secondary N) is 1. The van der Waals surface area contributed by atoms with E-state index in [1.165, 1.54) is 32.1 Å². The molecule has 1 aliphatic carbocycles. The summed E-state index contributed by atoms with van der Waals surface area (Å²) in [5.74, 6) is 1.69. The summed E-state index contributed by atoms with van der Waals surface area (Å²) in [4.78, 5) is 2.05. The summed E-state index contributed by atoms with van der Waals surface area (Å²) in [5, 5.41) is 13.9. The van der Waals surface area contributed by atoms with Crippen LogP contribution >= 0.6 is 0 Å². The van der Waals surface area contributed by atoms with E-state index in [9.17, 15) is 5.11 Å². The predicted molar refractivity (Wildman–Crippen MR) is 82.4 cm³/mol. The largest absolute Gasteiger partial charge is 0.388 e. The topological polar surface area (TPSA) is 35.5 Å². The number of hydrogen-bond acceptors (Lipinski definition) is 3. The third kappa shape index (κ3) is 7.28. The molecular formula is C16H34N2O. The molecule has 3 unspecified atom stereocenters. The van der Waals surface area contributed by atoms with Gasteiger partial charge in [0.1, 0.15) is 0 Å². The third-order valence-electron chi connectivity index (χ3n) is 4.02. The van der Waals surface area contributed by atoms with Crippen molar-refractivity contribution in [3.8, 4) is 0 Å². The smallest absolute Gasteiger partial charge is 0.0869 e. The van der Waals surface area contributed by atoms with Gasteiger partial charge in [-0.05, 0) is 52.1 Å². The predicted octanol–water partition coefficient (Wildman–Crippen LogP) is 2.49. The van der Waals surface area contributed by atoms with E-state index in [1.807, 2.05) is 25.9 Å². The zero-order valence-electron chi connectivity index (χ0n) is 13.6. The number of aliphatic hydroxyl groups is 1. The molecule has 3 heteroatoms. The molecule has 0 amide bonds. The van der Waals surface area contributed by atoms with Crippen LogP contribution in [0.5, 0.6) is 0 Å². The van der Waals surface area contributed by atoms with E-state index in [0.717, 1.165) is 11.8 Å². The van der Waals surface area contributed by atoms with Crippen molar-refractivity contribution in [2.24, 2.45) is 11.8 Å². The lowest BCUT2D eigenvalue weighted by Crippen LogP contribution is -2.49. The summed E-state index contributed by atoms with van der Waals surface area (Å²) in [6.07, 6.45) is 6.64. The van der Waals surface area contributed by atoms with Crippen molar-refractivity contribution in [2.45, 2.75) is 64.5 Å². The minimum Gasteiger partial charge on any atom is -0.388 e. The van der Waals surface area contributed by atoms with Gasteiger partial charge in [-0.1, -0.05) is 26.7 Å². The third-order valence-corrected chi connectivity index (χ3v) is 4.02. The molecule has 2 N–H and O–H groups in total. The Hall–Kier alpha value is -0.120. The lowest BCUT2D eigenvalue weighted by molar-refractivity contribution is 0.0290. The Balaban J connectivity index is 2.32. The Labute approximate surface area is 119 Å². The maximum atomic E-state index is 10.3. The van der Waals surface area contributed by atoms with Crippen LogP contribution in [0.2, 0.25) is 0 Å². The van der Waals surface area contributed by atoms with Crippen LogP contribution in [0.3, 0.4) is 0 Å². The number of hydrogen-bond donors (Lipinski definition) is 2. The molecule has 19 heavy (non-hydrogen) atoms. The molecule has 1 fully saturated rings. The summed E-state index contributed by atoms with van der Waals surface area (Å²) < 4.78 is 0. The van der Waals surface area contributed by atoms with Crippen LogP contribution in [0.25, 0.3) is 0 Å². The standard InChI is InChI=1S/C16H34N2O/c1-13(2)9-14-7-6-8-15(10-14)17-11-16(3,19)12-18(4)5/h13-15,17,19H,6-12H2,1-5H3. The monoisotopic (exact) mass is 270 g/mol. The van der Waals surface area contributed by atoms with E-state index in [0.29, 0.717) is 19.1 Å². The normalized spacial score (nSPS) is 27.8. The van der Waals surface area contributed by atoms with E-state index in [-0.39, 0.29) is 0 Å². The summed E-state index contributed by atoms with van der Waals surface area (Å²) in [6.45, 7) is 7.97. The first-order valence-electron chi connectivity index (χ1n) is 7.89. The van der Waals surface area contributed by atoms with Crippen LogP contribution in [0.4, 0.5) is 0 Å². The SMILES string of the molecule is CC(C)CC1CCCC(NCC(C)(O)CN(C)C)C1. The van der Waals surface area contributed by atoms with Crippen LogP contribution in [-0.4, -0.2) is 48.8 Å². The van der Waals surface area contributed by atoms with Gasteiger partial charge in [-0.2, -0.15) is 0 Å². The Morgan fingerprint density at radius 1 is 1.32 bits per heavy atom. The summed E-state index contributed by atoms with van der Waals surface area (Å²) >= 11 is 0. The minimum absolute atomic E-state index is 0.603. The van der Waals surface area contributed by atoms with Gasteiger partial charge in [0, 0.05) is 19.1 Å². The second-order valence-corrected chi connectivity index (χ2v) is 7.47. The lowest BCUT2D eigenvalue weighted by atomic mass is 9.81. The van der Waals surface area contributed by atoms with E-state index in [4.69, 9.17) is 0 Å². The van der Waals surface area contributed by atoms with E-state index in [1.54, 1.807) is 0 Å². The van der Waals surface area contributed by atoms with Crippen molar-refractivity contribution >= 4 is 0 Å². The summed E-state index contributed by atoms with van der Waals surface area (Å²) in [7, 11) is 4.02. The zero-order valence-corrected chi connectivity index (χ0v) is 13.6. The second-order valence-electron chi connectivity index (χ2n) is 7.47. The molecule has 0 radical (unpaired) electrons. The van der Waals surface area contributed by atoms with Crippen molar-refractivity contribution in [1.29, 1.82) is 0 Å². The fraction of sp³-hybridized carbons (Fsp3) is 1.00. The van der Waals surface area contributed by atoms with Crippen molar-refractivity contribution < 1.29 is 5.11 Å². The Bertz CT molecular complexity index is 251. The average Bonchev–Trinajstić information content (AvgIpc) is 2.24. The van der Waals surface area contributed by atoms with Gasteiger partial charge in [0.25, 0.3) is 0 Å². The second kappa shape index (κ2) is 7.61. The van der Waals surface area contributed by atoms with Crippen LogP contribution in [0.1, 0.15) is 52.9 Å². The molecule has 3 nitrogen and oxygen atoms in total. The van der Waals surface area contributed by atoms with E-state index < -0.39 is 5.60 Å². The molecule has 0 aromatic rings. The number of nitrogens with zero attached hydrogens (tertiary/aromatic N) is 1. The molecule has 3 atom stereocenters. The van der Waals surface area contributed by atoms with Crippen LogP contribution in [0, 0.1) is 11.8 Å².